The number of hydrogen-bond donors (Lipinski definition) is 0. The third-order valence-corrected chi connectivity index (χ3v) is 5.40. The molecule has 4 heteroatoms. The van der Waals surface area contributed by atoms with Gasteiger partial charge in [-0.15, -0.1) is 64.0 Å². The Morgan fingerprint density at radius 2 is 1.34 bits per heavy atom. The molecular formula is C28H30Cl2SiZr. The molecule has 0 saturated carbocycles. The molecule has 2 radical (unpaired) electrons. The molecule has 0 spiro atoms. The Morgan fingerprint density at radius 3 is 2.03 bits per heavy atom. The summed E-state index contributed by atoms with van der Waals surface area (Å²) in [6.07, 6.45) is 1.22. The molecule has 32 heavy (non-hydrogen) atoms. The van der Waals surface area contributed by atoms with Gasteiger partial charge in [0.25, 0.3) is 0 Å². The van der Waals surface area contributed by atoms with Crippen LogP contribution >= 0.6 is 0 Å². The van der Waals surface area contributed by atoms with Crippen LogP contribution in [0.1, 0.15) is 31.7 Å². The molecule has 0 nitrogen and oxygen atoms in total. The SMILES string of the molecule is CCC(C)c1c[cH-]c2ccccc12.C[Si]C.[Cl-].[Cl-].[Zr+4].c1ccc2c(c1)ccc1[cH-]ccc12. The van der Waals surface area contributed by atoms with E-state index in [0.29, 0.717) is 5.92 Å². The maximum absolute atomic E-state index is 2.29. The number of halogens is 2. The van der Waals surface area contributed by atoms with E-state index in [-0.39, 0.29) is 51.0 Å². The average molecular weight is 557 g/mol. The van der Waals surface area contributed by atoms with Crippen LogP contribution in [0.25, 0.3) is 32.3 Å². The zero-order valence-electron chi connectivity index (χ0n) is 19.2. The molecule has 0 aliphatic heterocycles. The van der Waals surface area contributed by atoms with Crippen LogP contribution in [-0.2, 0) is 26.2 Å². The van der Waals surface area contributed by atoms with Gasteiger partial charge in [-0.25, -0.2) is 0 Å². The molecule has 0 aliphatic carbocycles. The smallest absolute Gasteiger partial charge is 1.00 e. The van der Waals surface area contributed by atoms with Crippen LogP contribution < -0.4 is 24.8 Å². The molecule has 5 aromatic carbocycles. The van der Waals surface area contributed by atoms with Crippen molar-refractivity contribution in [2.24, 2.45) is 0 Å². The number of benzene rings is 3. The fraction of sp³-hybridized carbons (Fsp3) is 0.214. The summed E-state index contributed by atoms with van der Waals surface area (Å²) in [5.74, 6) is 0.680. The van der Waals surface area contributed by atoms with Crippen molar-refractivity contribution in [3.63, 3.8) is 0 Å². The predicted molar refractivity (Wildman–Crippen MR) is 133 cm³/mol. The van der Waals surface area contributed by atoms with Crippen LogP contribution in [0.15, 0.2) is 91.0 Å². The molecule has 5 rings (SSSR count). The minimum Gasteiger partial charge on any atom is -1.00 e. The van der Waals surface area contributed by atoms with E-state index in [1.165, 1.54) is 44.3 Å². The Hall–Kier alpha value is -1.18. The van der Waals surface area contributed by atoms with E-state index >= 15 is 0 Å². The van der Waals surface area contributed by atoms with Gasteiger partial charge in [-0.3, -0.25) is 0 Å². The summed E-state index contributed by atoms with van der Waals surface area (Å²) < 4.78 is 0. The Labute approximate surface area is 227 Å². The van der Waals surface area contributed by atoms with E-state index in [0.717, 1.165) is 9.52 Å². The number of fused-ring (bicyclic) bond motifs is 4. The fourth-order valence-corrected chi connectivity index (χ4v) is 3.72. The van der Waals surface area contributed by atoms with E-state index in [9.17, 15) is 0 Å². The summed E-state index contributed by atoms with van der Waals surface area (Å²) in [4.78, 5) is 0. The van der Waals surface area contributed by atoms with Crippen molar-refractivity contribution in [1.29, 1.82) is 0 Å². The molecule has 0 heterocycles. The van der Waals surface area contributed by atoms with Crippen molar-refractivity contribution in [2.75, 3.05) is 0 Å². The van der Waals surface area contributed by atoms with Crippen LogP contribution in [0, 0.1) is 0 Å². The summed E-state index contributed by atoms with van der Waals surface area (Å²) in [6, 6.07) is 32.4. The first kappa shape index (κ1) is 30.8. The Kier molecular flexibility index (Phi) is 15.0. The molecule has 0 fully saturated rings. The Morgan fingerprint density at radius 1 is 0.750 bits per heavy atom. The van der Waals surface area contributed by atoms with Crippen LogP contribution in [-0.4, -0.2) is 9.52 Å². The Bertz CT molecular complexity index is 1180. The largest absolute Gasteiger partial charge is 4.00 e. The summed E-state index contributed by atoms with van der Waals surface area (Å²) >= 11 is 0. The normalized spacial score (nSPS) is 10.5. The standard InChI is InChI=1S/C13H9.C13H15.C2H6Si.2ClH.Zr/c1-2-6-12-10(4-1)8-9-11-5-3-7-13(11)12;1-3-10(2)12-9-8-11-6-4-5-7-13(11)12;1-3-2;;;/h1-9H;4-10H,3H2,1-2H3;1-2H3;2*1H;/q2*-1;;;;+4/p-2. The van der Waals surface area contributed by atoms with Gasteiger partial charge < -0.3 is 24.8 Å². The summed E-state index contributed by atoms with van der Waals surface area (Å²) in [5, 5.41) is 8.16. The molecule has 164 valence electrons. The van der Waals surface area contributed by atoms with Gasteiger partial charge in [0.1, 0.15) is 0 Å². The van der Waals surface area contributed by atoms with Gasteiger partial charge in [-0.1, -0.05) is 81.1 Å². The number of rotatable bonds is 2. The van der Waals surface area contributed by atoms with Crippen LogP contribution in [0.3, 0.4) is 0 Å². The summed E-state index contributed by atoms with van der Waals surface area (Å²) in [6.45, 7) is 8.84. The molecule has 0 aromatic heterocycles. The predicted octanol–water partition coefficient (Wildman–Crippen LogP) is 2.58. The molecular weight excluding hydrogens is 527 g/mol. The van der Waals surface area contributed by atoms with Gasteiger partial charge in [-0.2, -0.15) is 17.7 Å². The quantitative estimate of drug-likeness (QED) is 0.232. The third kappa shape index (κ3) is 7.42. The van der Waals surface area contributed by atoms with Crippen molar-refractivity contribution >= 4 is 41.8 Å². The van der Waals surface area contributed by atoms with Crippen LogP contribution in [0.5, 0.6) is 0 Å². The first-order chi connectivity index (χ1) is 14.2. The third-order valence-electron chi connectivity index (χ3n) is 5.40. The monoisotopic (exact) mass is 554 g/mol. The van der Waals surface area contributed by atoms with E-state index in [1.54, 1.807) is 0 Å². The van der Waals surface area contributed by atoms with Gasteiger partial charge in [0.05, 0.1) is 0 Å². The van der Waals surface area contributed by atoms with E-state index < -0.39 is 0 Å². The molecule has 5 aromatic rings. The maximum Gasteiger partial charge on any atom is 4.00 e. The van der Waals surface area contributed by atoms with Gasteiger partial charge in [-0.05, 0) is 5.39 Å². The zero-order chi connectivity index (χ0) is 20.6. The second-order valence-electron chi connectivity index (χ2n) is 7.50. The first-order valence-corrected chi connectivity index (χ1v) is 12.5. The van der Waals surface area contributed by atoms with Crippen molar-refractivity contribution < 1.29 is 51.0 Å². The minimum absolute atomic E-state index is 0. The molecule has 1 unspecified atom stereocenters. The maximum atomic E-state index is 2.29. The van der Waals surface area contributed by atoms with Gasteiger partial charge >= 0.3 is 26.2 Å². The molecule has 0 amide bonds. The second-order valence-corrected chi connectivity index (χ2v) is 8.50. The summed E-state index contributed by atoms with van der Waals surface area (Å²) in [5.41, 5.74) is 1.50. The second kappa shape index (κ2) is 15.6. The zero-order valence-corrected chi connectivity index (χ0v) is 24.2. The molecule has 1 atom stereocenters. The van der Waals surface area contributed by atoms with Crippen LogP contribution in [0.2, 0.25) is 13.1 Å². The fourth-order valence-electron chi connectivity index (χ4n) is 3.72. The first-order valence-electron chi connectivity index (χ1n) is 10.5. The van der Waals surface area contributed by atoms with E-state index in [4.69, 9.17) is 0 Å². The number of hydrogen-bond acceptors (Lipinski definition) is 0. The van der Waals surface area contributed by atoms with Crippen molar-refractivity contribution in [3.8, 4) is 0 Å². The van der Waals surface area contributed by atoms with Gasteiger partial charge in [0.15, 0.2) is 0 Å². The van der Waals surface area contributed by atoms with Crippen LogP contribution in [0.4, 0.5) is 0 Å². The van der Waals surface area contributed by atoms with E-state index in [1.807, 2.05) is 0 Å². The molecule has 0 saturated heterocycles. The van der Waals surface area contributed by atoms with Crippen molar-refractivity contribution in [2.45, 2.75) is 39.3 Å². The van der Waals surface area contributed by atoms with Gasteiger partial charge in [0, 0.05) is 9.52 Å². The van der Waals surface area contributed by atoms with Crippen molar-refractivity contribution in [1.82, 2.24) is 0 Å². The molecule has 0 bridgehead atoms. The topological polar surface area (TPSA) is 0 Å². The molecule has 0 aliphatic rings. The minimum atomic E-state index is 0. The molecule has 0 N–H and O–H groups in total. The van der Waals surface area contributed by atoms with Gasteiger partial charge in [0.2, 0.25) is 0 Å². The average Bonchev–Trinajstić information content (AvgIpc) is 3.41. The van der Waals surface area contributed by atoms with Crippen molar-refractivity contribution in [3.05, 3.63) is 96.6 Å². The Balaban J connectivity index is 0.000000495. The summed E-state index contributed by atoms with van der Waals surface area (Å²) in [7, 11) is 1.08. The van der Waals surface area contributed by atoms with E-state index in [2.05, 4.69) is 118 Å².